The smallest absolute Gasteiger partial charge is 0.408 e. The van der Waals surface area contributed by atoms with Crippen molar-refractivity contribution in [3.8, 4) is 0 Å². The van der Waals surface area contributed by atoms with Crippen LogP contribution in [-0.2, 0) is 4.74 Å². The topological polar surface area (TPSA) is 58.6 Å². The largest absolute Gasteiger partial charge is 0.444 e. The molecule has 0 aliphatic heterocycles. The molecule has 0 aliphatic carbocycles. The third-order valence-electron chi connectivity index (χ3n) is 2.23. The van der Waals surface area contributed by atoms with Crippen LogP contribution in [0.5, 0.6) is 0 Å². The van der Waals surface area contributed by atoms with Gasteiger partial charge in [-0.2, -0.15) is 0 Å². The molecule has 4 heteroatoms. The third-order valence-corrected chi connectivity index (χ3v) is 2.23. The number of unbranched alkanes of at least 4 members (excludes halogenated alkanes) is 1. The predicted octanol–water partition coefficient (Wildman–Crippen LogP) is 2.45. The van der Waals surface area contributed by atoms with E-state index in [2.05, 4.69) is 12.2 Å². The normalized spacial score (nSPS) is 15.4. The standard InChI is InChI=1S/C12H25NO3/c1-6-7-8-12(5,9-14)13-10(15)16-11(2,3)4/h14H,6-9H2,1-5H3,(H,13,15)/t12-/m1/s1. The molecule has 0 bridgehead atoms. The molecule has 0 aromatic carbocycles. The van der Waals surface area contributed by atoms with Crippen LogP contribution in [0.3, 0.4) is 0 Å². The highest BCUT2D eigenvalue weighted by molar-refractivity contribution is 5.68. The fourth-order valence-corrected chi connectivity index (χ4v) is 1.30. The number of carbonyl (C=O) groups excluding carboxylic acids is 1. The van der Waals surface area contributed by atoms with Crippen molar-refractivity contribution in [2.45, 2.75) is 65.0 Å². The van der Waals surface area contributed by atoms with Crippen molar-refractivity contribution in [1.29, 1.82) is 0 Å². The summed E-state index contributed by atoms with van der Waals surface area (Å²) in [5.74, 6) is 0. The molecule has 0 fully saturated rings. The molecule has 0 radical (unpaired) electrons. The van der Waals surface area contributed by atoms with Gasteiger partial charge in [0.2, 0.25) is 0 Å². The van der Waals surface area contributed by atoms with E-state index in [9.17, 15) is 9.90 Å². The molecule has 0 heterocycles. The first-order chi connectivity index (χ1) is 7.22. The fourth-order valence-electron chi connectivity index (χ4n) is 1.30. The molecule has 0 saturated carbocycles. The Morgan fingerprint density at radius 3 is 2.25 bits per heavy atom. The number of aliphatic hydroxyl groups is 1. The lowest BCUT2D eigenvalue weighted by Crippen LogP contribution is -2.50. The molecule has 1 atom stereocenters. The van der Waals surface area contributed by atoms with Crippen LogP contribution < -0.4 is 5.32 Å². The lowest BCUT2D eigenvalue weighted by Gasteiger charge is -2.30. The quantitative estimate of drug-likeness (QED) is 0.764. The van der Waals surface area contributed by atoms with Gasteiger partial charge in [0.15, 0.2) is 0 Å². The zero-order valence-corrected chi connectivity index (χ0v) is 11.1. The summed E-state index contributed by atoms with van der Waals surface area (Å²) in [6.07, 6.45) is 2.28. The second-order valence-electron chi connectivity index (χ2n) is 5.45. The minimum atomic E-state index is -0.585. The number of alkyl carbamates (subject to hydrolysis) is 1. The van der Waals surface area contributed by atoms with Crippen LogP contribution in [0.1, 0.15) is 53.9 Å². The molecule has 96 valence electrons. The summed E-state index contributed by atoms with van der Waals surface area (Å²) in [5.41, 5.74) is -1.09. The zero-order chi connectivity index (χ0) is 12.8. The van der Waals surface area contributed by atoms with Gasteiger partial charge in [-0.3, -0.25) is 0 Å². The van der Waals surface area contributed by atoms with E-state index < -0.39 is 17.2 Å². The second-order valence-corrected chi connectivity index (χ2v) is 5.45. The molecule has 0 spiro atoms. The Morgan fingerprint density at radius 1 is 1.31 bits per heavy atom. The Kier molecular flexibility index (Phi) is 5.79. The first kappa shape index (κ1) is 15.2. The molecular weight excluding hydrogens is 206 g/mol. The van der Waals surface area contributed by atoms with Crippen LogP contribution >= 0.6 is 0 Å². The molecule has 0 unspecified atom stereocenters. The van der Waals surface area contributed by atoms with Gasteiger partial charge in [0.05, 0.1) is 12.1 Å². The van der Waals surface area contributed by atoms with Gasteiger partial charge in [-0.25, -0.2) is 4.79 Å². The SMILES string of the molecule is CCCC[C@](C)(CO)NC(=O)OC(C)(C)C. The molecular formula is C12H25NO3. The molecule has 1 amide bonds. The molecule has 0 rings (SSSR count). The molecule has 16 heavy (non-hydrogen) atoms. The summed E-state index contributed by atoms with van der Waals surface area (Å²) in [7, 11) is 0. The van der Waals surface area contributed by atoms with Crippen molar-refractivity contribution in [3.63, 3.8) is 0 Å². The number of carbonyl (C=O) groups is 1. The highest BCUT2D eigenvalue weighted by Gasteiger charge is 2.27. The summed E-state index contributed by atoms with van der Waals surface area (Å²) < 4.78 is 5.15. The number of aliphatic hydroxyl groups excluding tert-OH is 1. The first-order valence-electron chi connectivity index (χ1n) is 5.84. The van der Waals surface area contributed by atoms with Crippen molar-refractivity contribution in [3.05, 3.63) is 0 Å². The Bertz CT molecular complexity index is 223. The van der Waals surface area contributed by atoms with Gasteiger partial charge in [-0.15, -0.1) is 0 Å². The van der Waals surface area contributed by atoms with Crippen LogP contribution in [0.4, 0.5) is 4.79 Å². The number of nitrogens with one attached hydrogen (secondary N) is 1. The summed E-state index contributed by atoms with van der Waals surface area (Å²) >= 11 is 0. The number of hydrogen-bond acceptors (Lipinski definition) is 3. The van der Waals surface area contributed by atoms with Crippen LogP contribution in [0.15, 0.2) is 0 Å². The van der Waals surface area contributed by atoms with Gasteiger partial charge in [0, 0.05) is 0 Å². The van der Waals surface area contributed by atoms with Crippen molar-refractivity contribution in [1.82, 2.24) is 5.32 Å². The highest BCUT2D eigenvalue weighted by atomic mass is 16.6. The molecule has 2 N–H and O–H groups in total. The minimum Gasteiger partial charge on any atom is -0.444 e. The highest BCUT2D eigenvalue weighted by Crippen LogP contribution is 2.15. The first-order valence-corrected chi connectivity index (χ1v) is 5.84. The van der Waals surface area contributed by atoms with Crippen LogP contribution in [0, 0.1) is 0 Å². The Labute approximate surface area is 98.4 Å². The van der Waals surface area contributed by atoms with Crippen molar-refractivity contribution < 1.29 is 14.6 Å². The van der Waals surface area contributed by atoms with E-state index in [4.69, 9.17) is 4.74 Å². The predicted molar refractivity (Wildman–Crippen MR) is 64.4 cm³/mol. The van der Waals surface area contributed by atoms with Gasteiger partial charge in [-0.05, 0) is 34.1 Å². The number of amides is 1. The van der Waals surface area contributed by atoms with Crippen molar-refractivity contribution >= 4 is 6.09 Å². The maximum Gasteiger partial charge on any atom is 0.408 e. The van der Waals surface area contributed by atoms with Gasteiger partial charge < -0.3 is 15.2 Å². The summed E-state index contributed by atoms with van der Waals surface area (Å²) in [5, 5.41) is 12.0. The summed E-state index contributed by atoms with van der Waals surface area (Å²) in [6.45, 7) is 9.27. The third kappa shape index (κ3) is 6.67. The monoisotopic (exact) mass is 231 g/mol. The van der Waals surface area contributed by atoms with E-state index >= 15 is 0 Å². The van der Waals surface area contributed by atoms with E-state index in [0.717, 1.165) is 19.3 Å². The van der Waals surface area contributed by atoms with E-state index in [1.165, 1.54) is 0 Å². The average molecular weight is 231 g/mol. The van der Waals surface area contributed by atoms with Crippen LogP contribution in [-0.4, -0.2) is 28.9 Å². The maximum atomic E-state index is 11.6. The van der Waals surface area contributed by atoms with E-state index in [1.54, 1.807) is 0 Å². The molecule has 0 saturated heterocycles. The molecule has 0 aromatic heterocycles. The zero-order valence-electron chi connectivity index (χ0n) is 11.1. The lowest BCUT2D eigenvalue weighted by molar-refractivity contribution is 0.0404. The molecule has 4 nitrogen and oxygen atoms in total. The average Bonchev–Trinajstić information content (AvgIpc) is 2.11. The maximum absolute atomic E-state index is 11.6. The van der Waals surface area contributed by atoms with Crippen molar-refractivity contribution in [2.75, 3.05) is 6.61 Å². The molecule has 0 aromatic rings. The Hall–Kier alpha value is -0.770. The Balaban J connectivity index is 4.25. The number of ether oxygens (including phenoxy) is 1. The van der Waals surface area contributed by atoms with E-state index in [-0.39, 0.29) is 6.61 Å². The van der Waals surface area contributed by atoms with Crippen molar-refractivity contribution in [2.24, 2.45) is 0 Å². The number of hydrogen-bond donors (Lipinski definition) is 2. The fraction of sp³-hybridized carbons (Fsp3) is 0.917. The van der Waals surface area contributed by atoms with Gasteiger partial charge >= 0.3 is 6.09 Å². The Morgan fingerprint density at radius 2 is 1.88 bits per heavy atom. The second kappa shape index (κ2) is 6.09. The van der Waals surface area contributed by atoms with Crippen LogP contribution in [0.2, 0.25) is 0 Å². The van der Waals surface area contributed by atoms with Gasteiger partial charge in [0.25, 0.3) is 0 Å². The number of rotatable bonds is 5. The van der Waals surface area contributed by atoms with E-state index in [1.807, 2.05) is 27.7 Å². The van der Waals surface area contributed by atoms with Gasteiger partial charge in [0.1, 0.15) is 5.60 Å². The molecule has 0 aliphatic rings. The summed E-state index contributed by atoms with van der Waals surface area (Å²) in [4.78, 5) is 11.6. The van der Waals surface area contributed by atoms with Gasteiger partial charge in [-0.1, -0.05) is 19.8 Å². The summed E-state index contributed by atoms with van der Waals surface area (Å²) in [6, 6.07) is 0. The van der Waals surface area contributed by atoms with E-state index in [0.29, 0.717) is 0 Å². The minimum absolute atomic E-state index is 0.0771. The van der Waals surface area contributed by atoms with Crippen LogP contribution in [0.25, 0.3) is 0 Å². The lowest BCUT2D eigenvalue weighted by atomic mass is 9.96.